The van der Waals surface area contributed by atoms with Crippen molar-refractivity contribution in [3.63, 3.8) is 0 Å². The summed E-state index contributed by atoms with van der Waals surface area (Å²) in [6.45, 7) is 8.40. The summed E-state index contributed by atoms with van der Waals surface area (Å²) in [4.78, 5) is 0. The number of benzene rings is 1. The molecule has 1 aromatic carbocycles. The Hall–Kier alpha value is -1.54. The van der Waals surface area contributed by atoms with Gasteiger partial charge in [-0.25, -0.2) is 0 Å². The van der Waals surface area contributed by atoms with Crippen LogP contribution in [0, 0.1) is 13.8 Å². The molecule has 0 saturated heterocycles. The van der Waals surface area contributed by atoms with Gasteiger partial charge >= 0.3 is 0 Å². The van der Waals surface area contributed by atoms with Gasteiger partial charge in [0, 0.05) is 6.04 Å². The molecule has 0 aliphatic rings. The molecule has 0 radical (unpaired) electrons. The lowest BCUT2D eigenvalue weighted by atomic mass is 10.0. The molecule has 1 aromatic heterocycles. The number of aryl methyl sites for hydroxylation is 2. The van der Waals surface area contributed by atoms with Gasteiger partial charge in [0.15, 0.2) is 0 Å². The van der Waals surface area contributed by atoms with E-state index in [1.54, 1.807) is 0 Å². The van der Waals surface area contributed by atoms with E-state index in [-0.39, 0.29) is 6.04 Å². The fraction of sp³-hybridized carbons (Fsp3) is 0.375. The molecule has 2 nitrogen and oxygen atoms in total. The van der Waals surface area contributed by atoms with Crippen molar-refractivity contribution >= 4 is 0 Å². The highest BCUT2D eigenvalue weighted by molar-refractivity contribution is 5.25. The van der Waals surface area contributed by atoms with Crippen molar-refractivity contribution in [1.29, 1.82) is 0 Å². The van der Waals surface area contributed by atoms with Crippen LogP contribution in [0.15, 0.2) is 40.8 Å². The van der Waals surface area contributed by atoms with Crippen molar-refractivity contribution in [2.75, 3.05) is 0 Å². The highest BCUT2D eigenvalue weighted by Gasteiger charge is 2.13. The average Bonchev–Trinajstić information content (AvgIpc) is 2.76. The van der Waals surface area contributed by atoms with E-state index in [9.17, 15) is 0 Å². The zero-order chi connectivity index (χ0) is 13.1. The summed E-state index contributed by atoms with van der Waals surface area (Å²) in [6, 6.07) is 13.2. The number of hydrogen-bond acceptors (Lipinski definition) is 2. The maximum absolute atomic E-state index is 5.64. The minimum absolute atomic E-state index is 0.217. The Balaban J connectivity index is 2.05. The van der Waals surface area contributed by atoms with E-state index in [1.807, 2.05) is 19.1 Å². The molecule has 0 amide bonds. The van der Waals surface area contributed by atoms with E-state index in [1.165, 1.54) is 11.1 Å². The fourth-order valence-corrected chi connectivity index (χ4v) is 2.18. The van der Waals surface area contributed by atoms with Gasteiger partial charge in [-0.3, -0.25) is 0 Å². The Morgan fingerprint density at radius 2 is 1.78 bits per heavy atom. The van der Waals surface area contributed by atoms with E-state index >= 15 is 0 Å². The topological polar surface area (TPSA) is 25.2 Å². The van der Waals surface area contributed by atoms with Crippen LogP contribution in [0.2, 0.25) is 0 Å². The Kier molecular flexibility index (Phi) is 3.87. The predicted molar refractivity (Wildman–Crippen MR) is 74.6 cm³/mol. The first-order chi connectivity index (χ1) is 8.56. The minimum atomic E-state index is 0.217. The van der Waals surface area contributed by atoms with E-state index in [0.29, 0.717) is 6.04 Å². The molecule has 2 atom stereocenters. The second-order valence-corrected chi connectivity index (χ2v) is 4.97. The van der Waals surface area contributed by atoms with Crippen LogP contribution in [0.25, 0.3) is 0 Å². The standard InChI is InChI=1S/C16H21NO/c1-11-6-5-7-15(10-11)13(3)17-14(4)16-9-8-12(2)18-16/h5-10,13-14,17H,1-4H3. The maximum Gasteiger partial charge on any atom is 0.120 e. The molecule has 0 spiro atoms. The third-order valence-electron chi connectivity index (χ3n) is 3.23. The summed E-state index contributed by atoms with van der Waals surface area (Å²) in [5.74, 6) is 1.95. The number of furan rings is 1. The lowest BCUT2D eigenvalue weighted by Gasteiger charge is -2.19. The van der Waals surface area contributed by atoms with Crippen LogP contribution in [-0.2, 0) is 0 Å². The normalized spacial score (nSPS) is 14.4. The molecule has 0 aliphatic carbocycles. The van der Waals surface area contributed by atoms with Gasteiger partial charge < -0.3 is 9.73 Å². The maximum atomic E-state index is 5.64. The Morgan fingerprint density at radius 1 is 1.00 bits per heavy atom. The highest BCUT2D eigenvalue weighted by atomic mass is 16.3. The molecule has 96 valence electrons. The van der Waals surface area contributed by atoms with Crippen LogP contribution in [0.5, 0.6) is 0 Å². The third-order valence-corrected chi connectivity index (χ3v) is 3.23. The predicted octanol–water partition coefficient (Wildman–Crippen LogP) is 4.31. The quantitative estimate of drug-likeness (QED) is 0.865. The van der Waals surface area contributed by atoms with Crippen molar-refractivity contribution in [3.8, 4) is 0 Å². The van der Waals surface area contributed by atoms with Gasteiger partial charge in [-0.05, 0) is 45.4 Å². The Labute approximate surface area is 109 Å². The van der Waals surface area contributed by atoms with Gasteiger partial charge in [-0.15, -0.1) is 0 Å². The first kappa shape index (κ1) is 12.9. The van der Waals surface area contributed by atoms with Gasteiger partial charge in [-0.1, -0.05) is 29.8 Å². The molecule has 2 heteroatoms. The van der Waals surface area contributed by atoms with Crippen LogP contribution in [0.4, 0.5) is 0 Å². The second-order valence-electron chi connectivity index (χ2n) is 4.97. The molecule has 1 heterocycles. The van der Waals surface area contributed by atoms with Crippen molar-refractivity contribution < 1.29 is 4.42 Å². The molecule has 0 bridgehead atoms. The molecular formula is C16H21NO. The van der Waals surface area contributed by atoms with Gasteiger partial charge in [-0.2, -0.15) is 0 Å². The summed E-state index contributed by atoms with van der Waals surface area (Å²) in [5, 5.41) is 3.56. The molecule has 2 unspecified atom stereocenters. The lowest BCUT2D eigenvalue weighted by Crippen LogP contribution is -2.22. The van der Waals surface area contributed by atoms with Crippen molar-refractivity contribution in [1.82, 2.24) is 5.32 Å². The summed E-state index contributed by atoms with van der Waals surface area (Å²) in [7, 11) is 0. The van der Waals surface area contributed by atoms with Gasteiger partial charge in [0.05, 0.1) is 6.04 Å². The molecule has 2 rings (SSSR count). The van der Waals surface area contributed by atoms with Gasteiger partial charge in [0.25, 0.3) is 0 Å². The van der Waals surface area contributed by atoms with Crippen molar-refractivity contribution in [2.45, 2.75) is 39.8 Å². The summed E-state index contributed by atoms with van der Waals surface area (Å²) >= 11 is 0. The van der Waals surface area contributed by atoms with E-state index < -0.39 is 0 Å². The molecular weight excluding hydrogens is 222 g/mol. The SMILES string of the molecule is Cc1cccc(C(C)NC(C)c2ccc(C)o2)c1. The number of hydrogen-bond donors (Lipinski definition) is 1. The monoisotopic (exact) mass is 243 g/mol. The fourth-order valence-electron chi connectivity index (χ4n) is 2.18. The van der Waals surface area contributed by atoms with Crippen LogP contribution in [0.3, 0.4) is 0 Å². The highest BCUT2D eigenvalue weighted by Crippen LogP contribution is 2.21. The second kappa shape index (κ2) is 5.40. The van der Waals surface area contributed by atoms with Crippen molar-refractivity contribution in [2.24, 2.45) is 0 Å². The molecule has 0 aliphatic heterocycles. The van der Waals surface area contributed by atoms with Crippen LogP contribution in [0.1, 0.15) is 48.6 Å². The van der Waals surface area contributed by atoms with Crippen LogP contribution in [-0.4, -0.2) is 0 Å². The van der Waals surface area contributed by atoms with Gasteiger partial charge in [0.1, 0.15) is 11.5 Å². The van der Waals surface area contributed by atoms with Crippen molar-refractivity contribution in [3.05, 3.63) is 59.0 Å². The van der Waals surface area contributed by atoms with E-state index in [2.05, 4.69) is 50.4 Å². The molecule has 1 N–H and O–H groups in total. The molecule has 2 aromatic rings. The number of nitrogens with one attached hydrogen (secondary N) is 1. The lowest BCUT2D eigenvalue weighted by molar-refractivity contribution is 0.392. The molecule has 18 heavy (non-hydrogen) atoms. The largest absolute Gasteiger partial charge is 0.465 e. The minimum Gasteiger partial charge on any atom is -0.465 e. The molecule has 0 fully saturated rings. The Bertz CT molecular complexity index is 515. The first-order valence-electron chi connectivity index (χ1n) is 6.45. The average molecular weight is 243 g/mol. The summed E-state index contributed by atoms with van der Waals surface area (Å²) in [5.41, 5.74) is 2.60. The van der Waals surface area contributed by atoms with E-state index in [0.717, 1.165) is 11.5 Å². The van der Waals surface area contributed by atoms with E-state index in [4.69, 9.17) is 4.42 Å². The zero-order valence-corrected chi connectivity index (χ0v) is 11.5. The molecule has 0 saturated carbocycles. The summed E-state index contributed by atoms with van der Waals surface area (Å²) in [6.07, 6.45) is 0. The first-order valence-corrected chi connectivity index (χ1v) is 6.45. The van der Waals surface area contributed by atoms with Crippen LogP contribution >= 0.6 is 0 Å². The zero-order valence-electron chi connectivity index (χ0n) is 11.5. The van der Waals surface area contributed by atoms with Crippen LogP contribution < -0.4 is 5.32 Å². The summed E-state index contributed by atoms with van der Waals surface area (Å²) < 4.78 is 5.64. The number of rotatable bonds is 4. The Morgan fingerprint density at radius 3 is 2.39 bits per heavy atom. The third kappa shape index (κ3) is 3.02. The smallest absolute Gasteiger partial charge is 0.120 e. The van der Waals surface area contributed by atoms with Gasteiger partial charge in [0.2, 0.25) is 0 Å².